The average Bonchev–Trinajstić information content (AvgIpc) is 2.65. The summed E-state index contributed by atoms with van der Waals surface area (Å²) in [4.78, 5) is 11.8. The predicted molar refractivity (Wildman–Crippen MR) is 99.6 cm³/mol. The van der Waals surface area contributed by atoms with Crippen molar-refractivity contribution in [3.05, 3.63) is 54.1 Å². The first kappa shape index (κ1) is 18.8. The van der Waals surface area contributed by atoms with E-state index in [4.69, 9.17) is 9.84 Å². The van der Waals surface area contributed by atoms with Crippen LogP contribution in [0.5, 0.6) is 5.75 Å². The van der Waals surface area contributed by atoms with Crippen LogP contribution in [-0.2, 0) is 6.54 Å². The fourth-order valence-corrected chi connectivity index (χ4v) is 2.53. The van der Waals surface area contributed by atoms with Crippen LogP contribution >= 0.6 is 0 Å². The van der Waals surface area contributed by atoms with Crippen molar-refractivity contribution in [1.82, 2.24) is 10.6 Å². The van der Waals surface area contributed by atoms with E-state index < -0.39 is 0 Å². The molecule has 25 heavy (non-hydrogen) atoms. The van der Waals surface area contributed by atoms with Gasteiger partial charge in [0.25, 0.3) is 0 Å². The van der Waals surface area contributed by atoms with E-state index in [1.807, 2.05) is 55.5 Å². The summed E-state index contributed by atoms with van der Waals surface area (Å²) < 4.78 is 5.17. The van der Waals surface area contributed by atoms with Gasteiger partial charge in [-0.05, 0) is 48.6 Å². The summed E-state index contributed by atoms with van der Waals surface area (Å²) in [5.41, 5.74) is 3.28. The Labute approximate surface area is 149 Å². The second kappa shape index (κ2) is 9.69. The summed E-state index contributed by atoms with van der Waals surface area (Å²) in [6, 6.07) is 15.9. The molecular formula is C20H26N2O3. The number of methoxy groups -OCH3 is 1. The third kappa shape index (κ3) is 6.12. The van der Waals surface area contributed by atoms with Crippen LogP contribution in [0.4, 0.5) is 4.79 Å². The molecule has 2 rings (SSSR count). The Bertz CT molecular complexity index is 654. The molecule has 3 N–H and O–H groups in total. The fourth-order valence-electron chi connectivity index (χ4n) is 2.53. The average molecular weight is 342 g/mol. The summed E-state index contributed by atoms with van der Waals surface area (Å²) in [5.74, 6) is 0.837. The van der Waals surface area contributed by atoms with E-state index >= 15 is 0 Å². The monoisotopic (exact) mass is 342 g/mol. The lowest BCUT2D eigenvalue weighted by Gasteiger charge is -2.14. The molecule has 1 unspecified atom stereocenters. The number of nitrogens with one attached hydrogen (secondary N) is 2. The molecule has 0 aromatic heterocycles. The van der Waals surface area contributed by atoms with Gasteiger partial charge in [0, 0.05) is 19.2 Å². The standard InChI is InChI=1S/C20H26N2O3/c1-15(4-3-13-23)22-20(24)21-14-16-5-7-17(8-6-16)18-9-11-19(25-2)12-10-18/h5-12,15,23H,3-4,13-14H2,1-2H3,(H2,21,22,24). The summed E-state index contributed by atoms with van der Waals surface area (Å²) >= 11 is 0. The minimum atomic E-state index is -0.190. The first-order chi connectivity index (χ1) is 12.1. The second-order valence-electron chi connectivity index (χ2n) is 6.02. The zero-order chi connectivity index (χ0) is 18.1. The van der Waals surface area contributed by atoms with Crippen LogP contribution in [0, 0.1) is 0 Å². The minimum absolute atomic E-state index is 0.0459. The summed E-state index contributed by atoms with van der Waals surface area (Å²) in [5, 5.41) is 14.5. The maximum Gasteiger partial charge on any atom is 0.315 e. The summed E-state index contributed by atoms with van der Waals surface area (Å²) in [7, 11) is 1.65. The van der Waals surface area contributed by atoms with Gasteiger partial charge in [0.15, 0.2) is 0 Å². The lowest BCUT2D eigenvalue weighted by atomic mass is 10.0. The maximum absolute atomic E-state index is 11.8. The summed E-state index contributed by atoms with van der Waals surface area (Å²) in [6.07, 6.45) is 1.45. The molecule has 5 nitrogen and oxygen atoms in total. The first-order valence-electron chi connectivity index (χ1n) is 8.51. The van der Waals surface area contributed by atoms with Crippen molar-refractivity contribution >= 4 is 6.03 Å². The van der Waals surface area contributed by atoms with E-state index in [0.717, 1.165) is 28.9 Å². The van der Waals surface area contributed by atoms with Crippen molar-refractivity contribution in [2.45, 2.75) is 32.4 Å². The Morgan fingerprint density at radius 3 is 2.24 bits per heavy atom. The van der Waals surface area contributed by atoms with Crippen LogP contribution in [0.3, 0.4) is 0 Å². The second-order valence-corrected chi connectivity index (χ2v) is 6.02. The Balaban J connectivity index is 1.84. The van der Waals surface area contributed by atoms with Gasteiger partial charge in [-0.3, -0.25) is 0 Å². The lowest BCUT2D eigenvalue weighted by Crippen LogP contribution is -2.40. The van der Waals surface area contributed by atoms with Gasteiger partial charge in [0.2, 0.25) is 0 Å². The quantitative estimate of drug-likeness (QED) is 0.689. The van der Waals surface area contributed by atoms with Gasteiger partial charge < -0.3 is 20.5 Å². The minimum Gasteiger partial charge on any atom is -0.497 e. The molecule has 134 valence electrons. The fraction of sp³-hybridized carbons (Fsp3) is 0.350. The van der Waals surface area contributed by atoms with Gasteiger partial charge in [-0.15, -0.1) is 0 Å². The molecular weight excluding hydrogens is 316 g/mol. The highest BCUT2D eigenvalue weighted by Crippen LogP contribution is 2.22. The van der Waals surface area contributed by atoms with Gasteiger partial charge in [-0.2, -0.15) is 0 Å². The zero-order valence-corrected chi connectivity index (χ0v) is 14.8. The number of carbonyl (C=O) groups excluding carboxylic acids is 1. The Morgan fingerprint density at radius 1 is 1.08 bits per heavy atom. The third-order valence-electron chi connectivity index (χ3n) is 4.00. The number of ether oxygens (including phenoxy) is 1. The van der Waals surface area contributed by atoms with Crippen LogP contribution in [0.2, 0.25) is 0 Å². The highest BCUT2D eigenvalue weighted by atomic mass is 16.5. The van der Waals surface area contributed by atoms with Gasteiger partial charge in [-0.25, -0.2) is 4.79 Å². The van der Waals surface area contributed by atoms with Crippen LogP contribution in [-0.4, -0.2) is 30.9 Å². The molecule has 2 aromatic rings. The molecule has 0 fully saturated rings. The van der Waals surface area contributed by atoms with E-state index in [-0.39, 0.29) is 18.7 Å². The molecule has 5 heteroatoms. The molecule has 0 aliphatic rings. The van der Waals surface area contributed by atoms with Gasteiger partial charge in [0.1, 0.15) is 5.75 Å². The zero-order valence-electron chi connectivity index (χ0n) is 14.8. The van der Waals surface area contributed by atoms with Gasteiger partial charge >= 0.3 is 6.03 Å². The molecule has 0 bridgehead atoms. The number of hydrogen-bond donors (Lipinski definition) is 3. The van der Waals surface area contributed by atoms with Crippen LogP contribution in [0.25, 0.3) is 11.1 Å². The number of hydrogen-bond acceptors (Lipinski definition) is 3. The molecule has 0 spiro atoms. The number of aliphatic hydroxyl groups excluding tert-OH is 1. The smallest absolute Gasteiger partial charge is 0.315 e. The number of amides is 2. The largest absolute Gasteiger partial charge is 0.497 e. The molecule has 0 aliphatic heterocycles. The molecule has 0 heterocycles. The lowest BCUT2D eigenvalue weighted by molar-refractivity contribution is 0.234. The Kier molecular flexibility index (Phi) is 7.29. The number of aliphatic hydroxyl groups is 1. The highest BCUT2D eigenvalue weighted by Gasteiger charge is 2.06. The van der Waals surface area contributed by atoms with E-state index in [1.54, 1.807) is 7.11 Å². The molecule has 0 saturated heterocycles. The molecule has 1 atom stereocenters. The van der Waals surface area contributed by atoms with Crippen molar-refractivity contribution in [3.8, 4) is 16.9 Å². The number of carbonyl (C=O) groups is 1. The molecule has 2 amide bonds. The summed E-state index contributed by atoms with van der Waals surface area (Å²) in [6.45, 7) is 2.55. The number of rotatable bonds is 8. The molecule has 0 saturated carbocycles. The normalized spacial score (nSPS) is 11.6. The molecule has 0 radical (unpaired) electrons. The Hall–Kier alpha value is -2.53. The van der Waals surface area contributed by atoms with E-state index in [1.165, 1.54) is 0 Å². The number of benzene rings is 2. The van der Waals surface area contributed by atoms with Crippen molar-refractivity contribution < 1.29 is 14.6 Å². The van der Waals surface area contributed by atoms with E-state index in [0.29, 0.717) is 13.0 Å². The van der Waals surface area contributed by atoms with Gasteiger partial charge in [0.05, 0.1) is 7.11 Å². The van der Waals surface area contributed by atoms with Crippen molar-refractivity contribution in [2.24, 2.45) is 0 Å². The third-order valence-corrected chi connectivity index (χ3v) is 4.00. The van der Waals surface area contributed by atoms with E-state index in [9.17, 15) is 4.79 Å². The SMILES string of the molecule is COc1ccc(-c2ccc(CNC(=O)NC(C)CCCO)cc2)cc1. The topological polar surface area (TPSA) is 70.6 Å². The van der Waals surface area contributed by atoms with Crippen LogP contribution < -0.4 is 15.4 Å². The van der Waals surface area contributed by atoms with Gasteiger partial charge in [-0.1, -0.05) is 36.4 Å². The van der Waals surface area contributed by atoms with Crippen molar-refractivity contribution in [2.75, 3.05) is 13.7 Å². The van der Waals surface area contributed by atoms with Crippen molar-refractivity contribution in [3.63, 3.8) is 0 Å². The predicted octanol–water partition coefficient (Wildman–Crippen LogP) is 3.32. The number of urea groups is 1. The Morgan fingerprint density at radius 2 is 1.68 bits per heavy atom. The van der Waals surface area contributed by atoms with E-state index in [2.05, 4.69) is 10.6 Å². The highest BCUT2D eigenvalue weighted by molar-refractivity contribution is 5.74. The van der Waals surface area contributed by atoms with Crippen molar-refractivity contribution in [1.29, 1.82) is 0 Å². The maximum atomic E-state index is 11.8. The van der Waals surface area contributed by atoms with Crippen LogP contribution in [0.15, 0.2) is 48.5 Å². The van der Waals surface area contributed by atoms with Crippen LogP contribution in [0.1, 0.15) is 25.3 Å². The first-order valence-corrected chi connectivity index (χ1v) is 8.51. The molecule has 0 aliphatic carbocycles. The molecule has 2 aromatic carbocycles.